The fourth-order valence-electron chi connectivity index (χ4n) is 1.34. The smallest absolute Gasteiger partial charge is 0.339 e. The minimum atomic E-state index is -3.52. The molecule has 1 amide bonds. The van der Waals surface area contributed by atoms with Crippen molar-refractivity contribution in [2.45, 2.75) is 11.8 Å². The Morgan fingerprint density at radius 2 is 1.89 bits per heavy atom. The van der Waals surface area contributed by atoms with E-state index in [4.69, 9.17) is 4.74 Å². The van der Waals surface area contributed by atoms with Gasteiger partial charge in [0, 0.05) is 7.05 Å². The van der Waals surface area contributed by atoms with Crippen LogP contribution in [0.4, 0.5) is 0 Å². The molecule has 104 valence electrons. The molecule has 1 aromatic rings. The molecule has 0 saturated heterocycles. The van der Waals surface area contributed by atoms with E-state index < -0.39 is 28.3 Å². The standard InChI is InChI=1S/C12H15NO5S/c1-3-19(16,17)10-7-5-4-6-9(10)12(15)18-8-11(14)13-2/h4-7H,3,8H2,1-2H3,(H,13,14). The van der Waals surface area contributed by atoms with Crippen molar-refractivity contribution in [3.8, 4) is 0 Å². The van der Waals surface area contributed by atoms with E-state index in [0.29, 0.717) is 0 Å². The summed E-state index contributed by atoms with van der Waals surface area (Å²) in [5.74, 6) is -1.42. The Morgan fingerprint density at radius 3 is 2.47 bits per heavy atom. The molecule has 0 bridgehead atoms. The molecular weight excluding hydrogens is 270 g/mol. The van der Waals surface area contributed by atoms with Gasteiger partial charge in [-0.15, -0.1) is 0 Å². The Labute approximate surface area is 111 Å². The molecule has 19 heavy (non-hydrogen) atoms. The average molecular weight is 285 g/mol. The van der Waals surface area contributed by atoms with Gasteiger partial charge in [-0.05, 0) is 12.1 Å². The number of likely N-dealkylation sites (N-methyl/N-ethyl adjacent to an activating group) is 1. The van der Waals surface area contributed by atoms with E-state index in [9.17, 15) is 18.0 Å². The third kappa shape index (κ3) is 3.78. The maximum atomic E-state index is 11.8. The Hall–Kier alpha value is -1.89. The second-order valence-electron chi connectivity index (χ2n) is 3.65. The first-order valence-electron chi connectivity index (χ1n) is 5.62. The molecule has 0 saturated carbocycles. The molecule has 0 aliphatic rings. The zero-order valence-corrected chi connectivity index (χ0v) is 11.5. The van der Waals surface area contributed by atoms with Crippen LogP contribution in [0.25, 0.3) is 0 Å². The number of carbonyl (C=O) groups is 2. The minimum Gasteiger partial charge on any atom is -0.452 e. The number of benzene rings is 1. The van der Waals surface area contributed by atoms with Crippen LogP contribution in [0.3, 0.4) is 0 Å². The molecule has 1 rings (SSSR count). The number of hydrogen-bond acceptors (Lipinski definition) is 5. The lowest BCUT2D eigenvalue weighted by Crippen LogP contribution is -2.25. The Bertz CT molecular complexity index is 580. The Morgan fingerprint density at radius 1 is 1.26 bits per heavy atom. The van der Waals surface area contributed by atoms with E-state index in [1.807, 2.05) is 0 Å². The van der Waals surface area contributed by atoms with Gasteiger partial charge in [0.05, 0.1) is 16.2 Å². The lowest BCUT2D eigenvalue weighted by atomic mass is 10.2. The van der Waals surface area contributed by atoms with Crippen LogP contribution in [0.1, 0.15) is 17.3 Å². The zero-order valence-electron chi connectivity index (χ0n) is 10.7. The largest absolute Gasteiger partial charge is 0.452 e. The van der Waals surface area contributed by atoms with Crippen molar-refractivity contribution in [1.29, 1.82) is 0 Å². The summed E-state index contributed by atoms with van der Waals surface area (Å²) < 4.78 is 28.4. The summed E-state index contributed by atoms with van der Waals surface area (Å²) in [6, 6.07) is 5.76. The maximum Gasteiger partial charge on any atom is 0.339 e. The van der Waals surface area contributed by atoms with Gasteiger partial charge in [-0.25, -0.2) is 13.2 Å². The predicted molar refractivity (Wildman–Crippen MR) is 68.5 cm³/mol. The highest BCUT2D eigenvalue weighted by Gasteiger charge is 2.21. The second kappa shape index (κ2) is 6.33. The van der Waals surface area contributed by atoms with Gasteiger partial charge in [0.1, 0.15) is 0 Å². The summed E-state index contributed by atoms with van der Waals surface area (Å²) in [4.78, 5) is 22.7. The molecule has 6 nitrogen and oxygen atoms in total. The molecule has 0 unspecified atom stereocenters. The van der Waals surface area contributed by atoms with Crippen LogP contribution in [0, 0.1) is 0 Å². The SMILES string of the molecule is CCS(=O)(=O)c1ccccc1C(=O)OCC(=O)NC. The highest BCUT2D eigenvalue weighted by atomic mass is 32.2. The number of hydrogen-bond donors (Lipinski definition) is 1. The summed E-state index contributed by atoms with van der Waals surface area (Å²) in [6.45, 7) is 1.04. The maximum absolute atomic E-state index is 11.8. The van der Waals surface area contributed by atoms with Crippen LogP contribution >= 0.6 is 0 Å². The average Bonchev–Trinajstić information content (AvgIpc) is 2.44. The van der Waals surface area contributed by atoms with Gasteiger partial charge in [0.15, 0.2) is 16.4 Å². The highest BCUT2D eigenvalue weighted by molar-refractivity contribution is 7.91. The highest BCUT2D eigenvalue weighted by Crippen LogP contribution is 2.17. The van der Waals surface area contributed by atoms with E-state index in [1.54, 1.807) is 0 Å². The van der Waals surface area contributed by atoms with Crippen molar-refractivity contribution in [3.63, 3.8) is 0 Å². The van der Waals surface area contributed by atoms with Gasteiger partial charge >= 0.3 is 5.97 Å². The van der Waals surface area contributed by atoms with Gasteiger partial charge in [-0.2, -0.15) is 0 Å². The van der Waals surface area contributed by atoms with Gasteiger partial charge in [0.2, 0.25) is 0 Å². The number of carbonyl (C=O) groups excluding carboxylic acids is 2. The lowest BCUT2D eigenvalue weighted by Gasteiger charge is -2.08. The number of nitrogens with one attached hydrogen (secondary N) is 1. The van der Waals surface area contributed by atoms with Gasteiger partial charge in [0.25, 0.3) is 5.91 Å². The van der Waals surface area contributed by atoms with Crippen molar-refractivity contribution in [2.75, 3.05) is 19.4 Å². The fraction of sp³-hybridized carbons (Fsp3) is 0.333. The van der Waals surface area contributed by atoms with E-state index >= 15 is 0 Å². The number of ether oxygens (including phenoxy) is 1. The first-order valence-corrected chi connectivity index (χ1v) is 7.27. The molecule has 0 radical (unpaired) electrons. The first-order chi connectivity index (χ1) is 8.92. The molecule has 0 fully saturated rings. The third-order valence-electron chi connectivity index (χ3n) is 2.44. The summed E-state index contributed by atoms with van der Waals surface area (Å²) in [7, 11) is -2.11. The van der Waals surface area contributed by atoms with Gasteiger partial charge in [-0.3, -0.25) is 4.79 Å². The third-order valence-corrected chi connectivity index (χ3v) is 4.22. The van der Waals surface area contributed by atoms with Crippen LogP contribution < -0.4 is 5.32 Å². The summed E-state index contributed by atoms with van der Waals surface area (Å²) in [5, 5.41) is 2.29. The zero-order chi connectivity index (χ0) is 14.5. The van der Waals surface area contributed by atoms with E-state index in [0.717, 1.165) is 0 Å². The van der Waals surface area contributed by atoms with Crippen LogP contribution in [-0.4, -0.2) is 39.7 Å². The normalized spacial score (nSPS) is 10.8. The quantitative estimate of drug-likeness (QED) is 0.790. The lowest BCUT2D eigenvalue weighted by molar-refractivity contribution is -0.123. The van der Waals surface area contributed by atoms with Crippen LogP contribution in [0.2, 0.25) is 0 Å². The van der Waals surface area contributed by atoms with E-state index in [-0.39, 0.29) is 16.2 Å². The number of sulfone groups is 1. The summed E-state index contributed by atoms with van der Waals surface area (Å²) >= 11 is 0. The Balaban J connectivity index is 3.01. The van der Waals surface area contributed by atoms with Crippen molar-refractivity contribution in [3.05, 3.63) is 29.8 Å². The Kier molecular flexibility index (Phi) is 5.05. The number of esters is 1. The van der Waals surface area contributed by atoms with Crippen molar-refractivity contribution in [1.82, 2.24) is 5.32 Å². The summed E-state index contributed by atoms with van der Waals surface area (Å²) in [6.07, 6.45) is 0. The van der Waals surface area contributed by atoms with Crippen molar-refractivity contribution < 1.29 is 22.7 Å². The second-order valence-corrected chi connectivity index (χ2v) is 5.90. The van der Waals surface area contributed by atoms with Gasteiger partial charge in [-0.1, -0.05) is 19.1 Å². The molecule has 1 N–H and O–H groups in total. The molecule has 0 spiro atoms. The number of rotatable bonds is 5. The van der Waals surface area contributed by atoms with Crippen molar-refractivity contribution in [2.24, 2.45) is 0 Å². The molecular formula is C12H15NO5S. The predicted octanol–water partition coefficient (Wildman–Crippen LogP) is 0.383. The summed E-state index contributed by atoms with van der Waals surface area (Å²) in [5.41, 5.74) is -0.0618. The monoisotopic (exact) mass is 285 g/mol. The molecule has 0 aromatic heterocycles. The van der Waals surface area contributed by atoms with Crippen LogP contribution in [-0.2, 0) is 19.4 Å². The van der Waals surface area contributed by atoms with E-state index in [2.05, 4.69) is 5.32 Å². The van der Waals surface area contributed by atoms with Gasteiger partial charge < -0.3 is 10.1 Å². The molecule has 0 aliphatic heterocycles. The topological polar surface area (TPSA) is 89.5 Å². The van der Waals surface area contributed by atoms with Crippen LogP contribution in [0.5, 0.6) is 0 Å². The molecule has 7 heteroatoms. The van der Waals surface area contributed by atoms with Crippen molar-refractivity contribution >= 4 is 21.7 Å². The molecule has 0 heterocycles. The fourth-order valence-corrected chi connectivity index (χ4v) is 2.43. The minimum absolute atomic E-state index is 0.0618. The first kappa shape index (κ1) is 15.2. The number of amides is 1. The molecule has 1 aromatic carbocycles. The van der Waals surface area contributed by atoms with Crippen LogP contribution in [0.15, 0.2) is 29.2 Å². The molecule has 0 atom stereocenters. The molecule has 0 aliphatic carbocycles. The van der Waals surface area contributed by atoms with E-state index in [1.165, 1.54) is 38.2 Å².